The number of nitrogens with zero attached hydrogens (tertiary/aromatic N) is 3. The maximum absolute atomic E-state index is 14.3. The first kappa shape index (κ1) is 24.6. The number of aromatic nitrogens is 2. The zero-order chi connectivity index (χ0) is 25.3. The van der Waals surface area contributed by atoms with Crippen molar-refractivity contribution in [3.8, 4) is 5.69 Å². The van der Waals surface area contributed by atoms with E-state index in [-0.39, 0.29) is 17.9 Å². The lowest BCUT2D eigenvalue weighted by Gasteiger charge is -2.44. The molecule has 7 heteroatoms. The van der Waals surface area contributed by atoms with Crippen LogP contribution < -0.4 is 5.32 Å². The van der Waals surface area contributed by atoms with Gasteiger partial charge in [-0.15, -0.1) is 0 Å². The number of methoxy groups -OCH3 is 1. The zero-order valence-electron chi connectivity index (χ0n) is 21.8. The van der Waals surface area contributed by atoms with Gasteiger partial charge >= 0.3 is 0 Å². The molecule has 3 heterocycles. The minimum atomic E-state index is -1.02. The number of carbonyl (C=O) groups is 2. The smallest absolute Gasteiger partial charge is 0.273 e. The first-order chi connectivity index (χ1) is 17.4. The van der Waals surface area contributed by atoms with E-state index in [4.69, 9.17) is 4.74 Å². The molecule has 0 bridgehead atoms. The molecule has 1 unspecified atom stereocenters. The minimum absolute atomic E-state index is 0.0698. The van der Waals surface area contributed by atoms with Crippen molar-refractivity contribution in [2.75, 3.05) is 20.3 Å². The number of ether oxygens (including phenoxy) is 1. The second-order valence-electron chi connectivity index (χ2n) is 10.6. The van der Waals surface area contributed by atoms with Gasteiger partial charge in [-0.05, 0) is 51.0 Å². The van der Waals surface area contributed by atoms with Crippen LogP contribution in [0.5, 0.6) is 0 Å². The first-order valence-electron chi connectivity index (χ1n) is 13.3. The number of fused-ring (bicyclic) bond motifs is 3. The van der Waals surface area contributed by atoms with Gasteiger partial charge in [0.05, 0.1) is 24.4 Å². The Morgan fingerprint density at radius 2 is 1.81 bits per heavy atom. The molecule has 0 spiro atoms. The molecule has 2 amide bonds. The normalized spacial score (nSPS) is 21.3. The van der Waals surface area contributed by atoms with E-state index in [0.29, 0.717) is 25.4 Å². The van der Waals surface area contributed by atoms with Crippen molar-refractivity contribution < 1.29 is 14.3 Å². The Hall–Kier alpha value is -3.06. The highest BCUT2D eigenvalue weighted by Gasteiger charge is 2.49. The summed E-state index contributed by atoms with van der Waals surface area (Å²) >= 11 is 0. The fraction of sp³-hybridized carbons (Fsp3) is 0.517. The molecule has 0 saturated heterocycles. The highest BCUT2D eigenvalue weighted by atomic mass is 16.5. The summed E-state index contributed by atoms with van der Waals surface area (Å²) in [4.78, 5) is 30.0. The highest BCUT2D eigenvalue weighted by Crippen LogP contribution is 2.38. The lowest BCUT2D eigenvalue weighted by molar-refractivity contribution is -0.134. The van der Waals surface area contributed by atoms with Crippen molar-refractivity contribution in [1.29, 1.82) is 0 Å². The number of nitrogens with one attached hydrogen (secondary N) is 1. The molecule has 7 nitrogen and oxygen atoms in total. The fourth-order valence-corrected chi connectivity index (χ4v) is 5.99. The summed E-state index contributed by atoms with van der Waals surface area (Å²) in [5, 5.41) is 4.37. The quantitative estimate of drug-likeness (QED) is 0.538. The van der Waals surface area contributed by atoms with Crippen LogP contribution in [0.1, 0.15) is 67.9 Å². The van der Waals surface area contributed by atoms with Crippen LogP contribution in [-0.4, -0.2) is 57.7 Å². The molecule has 1 aliphatic heterocycles. The van der Waals surface area contributed by atoms with Crippen LogP contribution in [0.25, 0.3) is 16.6 Å². The number of aryl methyl sites for hydroxylation is 1. The topological polar surface area (TPSA) is 68.5 Å². The molecule has 2 aromatic heterocycles. The summed E-state index contributed by atoms with van der Waals surface area (Å²) in [6.45, 7) is 5.11. The van der Waals surface area contributed by atoms with Gasteiger partial charge in [0.1, 0.15) is 11.2 Å². The van der Waals surface area contributed by atoms with Crippen LogP contribution in [0.4, 0.5) is 0 Å². The van der Waals surface area contributed by atoms with Crippen LogP contribution in [0.2, 0.25) is 0 Å². The number of amides is 2. The van der Waals surface area contributed by atoms with Gasteiger partial charge in [-0.2, -0.15) is 0 Å². The second-order valence-corrected chi connectivity index (χ2v) is 10.6. The molecule has 192 valence electrons. The van der Waals surface area contributed by atoms with Crippen LogP contribution in [0.15, 0.2) is 42.7 Å². The van der Waals surface area contributed by atoms with Gasteiger partial charge in [0, 0.05) is 37.5 Å². The summed E-state index contributed by atoms with van der Waals surface area (Å²) in [7, 11) is 1.63. The van der Waals surface area contributed by atoms with Crippen molar-refractivity contribution in [2.45, 2.75) is 76.9 Å². The van der Waals surface area contributed by atoms with Crippen LogP contribution in [0.3, 0.4) is 0 Å². The molecule has 36 heavy (non-hydrogen) atoms. The third-order valence-electron chi connectivity index (χ3n) is 8.01. The molecule has 5 rings (SSSR count). The average molecular weight is 491 g/mol. The maximum atomic E-state index is 14.3. The van der Waals surface area contributed by atoms with Gasteiger partial charge < -0.3 is 24.1 Å². The van der Waals surface area contributed by atoms with Crippen molar-refractivity contribution in [3.63, 3.8) is 0 Å². The van der Waals surface area contributed by atoms with E-state index in [9.17, 15) is 9.59 Å². The van der Waals surface area contributed by atoms with E-state index < -0.39 is 5.54 Å². The summed E-state index contributed by atoms with van der Waals surface area (Å²) in [6.07, 6.45) is 12.0. The molecule has 1 aromatic carbocycles. The maximum Gasteiger partial charge on any atom is 0.273 e. The van der Waals surface area contributed by atoms with Crippen molar-refractivity contribution >= 4 is 22.7 Å². The zero-order valence-corrected chi connectivity index (χ0v) is 21.8. The Morgan fingerprint density at radius 3 is 2.50 bits per heavy atom. The number of hydrogen-bond acceptors (Lipinski definition) is 3. The molecule has 1 aliphatic carbocycles. The molecule has 0 radical (unpaired) electrons. The molecular weight excluding hydrogens is 452 g/mol. The van der Waals surface area contributed by atoms with Gasteiger partial charge in [-0.3, -0.25) is 9.59 Å². The Morgan fingerprint density at radius 1 is 1.11 bits per heavy atom. The summed E-state index contributed by atoms with van der Waals surface area (Å²) in [5.74, 6) is -0.203. The standard InChI is InChI=1S/C29H38N4O3/c1-21-13-14-24-23(19-21)25(31-15-9-10-16-31)26-27(34)33(17-18-36-3)29(2,20-32(24)26)28(35)30-22-11-7-5-4-6-8-12-22/h9-10,13-16,19,22H,4-8,11-12,17-18,20H2,1-3H3,(H,30,35). The Balaban J connectivity index is 1.59. The van der Waals surface area contributed by atoms with Gasteiger partial charge in [-0.1, -0.05) is 43.7 Å². The molecule has 1 saturated carbocycles. The number of benzene rings is 1. The van der Waals surface area contributed by atoms with Gasteiger partial charge in [-0.25, -0.2) is 0 Å². The van der Waals surface area contributed by atoms with E-state index in [1.54, 1.807) is 12.0 Å². The molecule has 1 fully saturated rings. The fourth-order valence-electron chi connectivity index (χ4n) is 5.99. The number of hydrogen-bond donors (Lipinski definition) is 1. The molecule has 1 N–H and O–H groups in total. The predicted octanol–water partition coefficient (Wildman–Crippen LogP) is 4.83. The van der Waals surface area contributed by atoms with E-state index in [0.717, 1.165) is 47.8 Å². The lowest BCUT2D eigenvalue weighted by atomic mass is 9.92. The van der Waals surface area contributed by atoms with E-state index >= 15 is 0 Å². The van der Waals surface area contributed by atoms with E-state index in [2.05, 4.69) is 35.0 Å². The van der Waals surface area contributed by atoms with Gasteiger partial charge in [0.2, 0.25) is 5.91 Å². The Kier molecular flexibility index (Phi) is 6.93. The number of carbonyl (C=O) groups excluding carboxylic acids is 2. The Bertz CT molecular complexity index is 1240. The largest absolute Gasteiger partial charge is 0.383 e. The van der Waals surface area contributed by atoms with E-state index in [1.807, 2.05) is 36.0 Å². The van der Waals surface area contributed by atoms with Gasteiger partial charge in [0.25, 0.3) is 5.91 Å². The second kappa shape index (κ2) is 10.1. The summed E-state index contributed by atoms with van der Waals surface area (Å²) in [5.41, 5.74) is 2.58. The SMILES string of the molecule is COCCN1C(=O)c2c(-n3cccc3)c3cc(C)ccc3n2CC1(C)C(=O)NC1CCCCCCC1. The average Bonchev–Trinajstić information content (AvgIpc) is 3.46. The number of rotatable bonds is 6. The van der Waals surface area contributed by atoms with Crippen LogP contribution >= 0.6 is 0 Å². The third-order valence-corrected chi connectivity index (χ3v) is 8.01. The van der Waals surface area contributed by atoms with Crippen molar-refractivity contribution in [1.82, 2.24) is 19.4 Å². The summed E-state index contributed by atoms with van der Waals surface area (Å²) in [6, 6.07) is 10.4. The molecule has 2 aliphatic rings. The van der Waals surface area contributed by atoms with E-state index in [1.165, 1.54) is 19.3 Å². The van der Waals surface area contributed by atoms with Crippen molar-refractivity contribution in [2.24, 2.45) is 0 Å². The Labute approximate surface area is 213 Å². The predicted molar refractivity (Wildman–Crippen MR) is 142 cm³/mol. The monoisotopic (exact) mass is 490 g/mol. The van der Waals surface area contributed by atoms with Gasteiger partial charge in [0.15, 0.2) is 0 Å². The lowest BCUT2D eigenvalue weighted by Crippen LogP contribution is -2.65. The molecular formula is C29H38N4O3. The minimum Gasteiger partial charge on any atom is -0.383 e. The summed E-state index contributed by atoms with van der Waals surface area (Å²) < 4.78 is 9.45. The van der Waals surface area contributed by atoms with Crippen LogP contribution in [-0.2, 0) is 16.1 Å². The molecule has 3 aromatic rings. The first-order valence-corrected chi connectivity index (χ1v) is 13.3. The molecule has 1 atom stereocenters. The highest BCUT2D eigenvalue weighted by molar-refractivity contribution is 6.09. The van der Waals surface area contributed by atoms with Crippen molar-refractivity contribution in [3.05, 3.63) is 54.0 Å². The van der Waals surface area contributed by atoms with Crippen LogP contribution in [0, 0.1) is 6.92 Å². The third kappa shape index (κ3) is 4.34.